The van der Waals surface area contributed by atoms with Gasteiger partial charge in [0.2, 0.25) is 5.95 Å². The van der Waals surface area contributed by atoms with E-state index in [0.29, 0.717) is 18.1 Å². The van der Waals surface area contributed by atoms with E-state index in [1.807, 2.05) is 27.4 Å². The van der Waals surface area contributed by atoms with Crippen LogP contribution < -0.4 is 0 Å². The van der Waals surface area contributed by atoms with Gasteiger partial charge in [-0.05, 0) is 30.7 Å². The van der Waals surface area contributed by atoms with E-state index >= 15 is 0 Å². The van der Waals surface area contributed by atoms with Crippen molar-refractivity contribution in [2.45, 2.75) is 19.9 Å². The number of aromatic nitrogens is 6. The van der Waals surface area contributed by atoms with Gasteiger partial charge in [-0.1, -0.05) is 13.0 Å². The van der Waals surface area contributed by atoms with Gasteiger partial charge in [-0.3, -0.25) is 0 Å². The van der Waals surface area contributed by atoms with Crippen molar-refractivity contribution in [1.82, 2.24) is 29.1 Å². The summed E-state index contributed by atoms with van der Waals surface area (Å²) in [6, 6.07) is 8.49. The Labute approximate surface area is 137 Å². The molecule has 6 nitrogen and oxygen atoms in total. The number of halogens is 1. The normalized spacial score (nSPS) is 11.2. The van der Waals surface area contributed by atoms with E-state index in [9.17, 15) is 4.39 Å². The lowest BCUT2D eigenvalue weighted by Gasteiger charge is -2.07. The SMILES string of the molecule is CCc1c(Cn2ccnc2-c2cccc(F)n2)nc2cccnn12. The van der Waals surface area contributed by atoms with Crippen LogP contribution in [0, 0.1) is 5.95 Å². The maximum atomic E-state index is 13.4. The average Bonchev–Trinajstić information content (AvgIpc) is 3.19. The van der Waals surface area contributed by atoms with Crippen LogP contribution in [0.2, 0.25) is 0 Å². The van der Waals surface area contributed by atoms with Gasteiger partial charge in [-0.25, -0.2) is 19.5 Å². The summed E-state index contributed by atoms with van der Waals surface area (Å²) < 4.78 is 17.2. The molecule has 4 heterocycles. The first kappa shape index (κ1) is 14.5. The lowest BCUT2D eigenvalue weighted by Crippen LogP contribution is -2.06. The van der Waals surface area contributed by atoms with Crippen LogP contribution in [0.25, 0.3) is 17.2 Å². The molecule has 0 saturated carbocycles. The second kappa shape index (κ2) is 5.84. The van der Waals surface area contributed by atoms with Crippen molar-refractivity contribution in [3.8, 4) is 11.5 Å². The van der Waals surface area contributed by atoms with Crippen LogP contribution in [0.3, 0.4) is 0 Å². The zero-order valence-electron chi connectivity index (χ0n) is 13.1. The van der Waals surface area contributed by atoms with Gasteiger partial charge in [0.1, 0.15) is 5.69 Å². The van der Waals surface area contributed by atoms with Crippen molar-refractivity contribution in [1.29, 1.82) is 0 Å². The summed E-state index contributed by atoms with van der Waals surface area (Å²) in [6.45, 7) is 2.60. The molecule has 0 fully saturated rings. The van der Waals surface area contributed by atoms with Crippen LogP contribution in [-0.2, 0) is 13.0 Å². The summed E-state index contributed by atoms with van der Waals surface area (Å²) >= 11 is 0. The summed E-state index contributed by atoms with van der Waals surface area (Å²) in [5.74, 6) is 0.0924. The van der Waals surface area contributed by atoms with Crippen molar-refractivity contribution < 1.29 is 4.39 Å². The Bertz CT molecular complexity index is 1000. The maximum Gasteiger partial charge on any atom is 0.213 e. The smallest absolute Gasteiger partial charge is 0.213 e. The molecule has 4 rings (SSSR count). The predicted molar refractivity (Wildman–Crippen MR) is 86.9 cm³/mol. The number of imidazole rings is 2. The molecule has 0 amide bonds. The van der Waals surface area contributed by atoms with E-state index in [4.69, 9.17) is 0 Å². The topological polar surface area (TPSA) is 60.9 Å². The van der Waals surface area contributed by atoms with Gasteiger partial charge in [-0.15, -0.1) is 0 Å². The fourth-order valence-electron chi connectivity index (χ4n) is 2.83. The minimum atomic E-state index is -0.520. The van der Waals surface area contributed by atoms with Crippen LogP contribution >= 0.6 is 0 Å². The molecule has 120 valence electrons. The summed E-state index contributed by atoms with van der Waals surface area (Å²) in [5.41, 5.74) is 3.29. The van der Waals surface area contributed by atoms with Gasteiger partial charge in [0.15, 0.2) is 11.5 Å². The third-order valence-corrected chi connectivity index (χ3v) is 3.88. The van der Waals surface area contributed by atoms with Gasteiger partial charge < -0.3 is 4.57 Å². The highest BCUT2D eigenvalue weighted by Gasteiger charge is 2.15. The lowest BCUT2D eigenvalue weighted by molar-refractivity contribution is 0.584. The Kier molecular flexibility index (Phi) is 3.53. The molecule has 0 aliphatic rings. The first-order valence-electron chi connectivity index (χ1n) is 7.72. The molecule has 24 heavy (non-hydrogen) atoms. The minimum Gasteiger partial charge on any atom is -0.324 e. The monoisotopic (exact) mass is 322 g/mol. The number of hydrogen-bond donors (Lipinski definition) is 0. The highest BCUT2D eigenvalue weighted by Crippen LogP contribution is 2.19. The van der Waals surface area contributed by atoms with Crippen molar-refractivity contribution in [3.63, 3.8) is 0 Å². The Hall–Kier alpha value is -3.09. The first-order chi connectivity index (χ1) is 11.8. The number of nitrogens with zero attached hydrogens (tertiary/aromatic N) is 6. The van der Waals surface area contributed by atoms with Gasteiger partial charge >= 0.3 is 0 Å². The van der Waals surface area contributed by atoms with Crippen molar-refractivity contribution in [2.24, 2.45) is 0 Å². The largest absolute Gasteiger partial charge is 0.324 e. The molecule has 0 unspecified atom stereocenters. The molecule has 0 radical (unpaired) electrons. The highest BCUT2D eigenvalue weighted by molar-refractivity contribution is 5.50. The van der Waals surface area contributed by atoms with E-state index in [1.165, 1.54) is 6.07 Å². The Morgan fingerprint density at radius 2 is 2.00 bits per heavy atom. The second-order valence-corrected chi connectivity index (χ2v) is 5.38. The van der Waals surface area contributed by atoms with E-state index in [2.05, 4.69) is 27.0 Å². The summed E-state index contributed by atoms with van der Waals surface area (Å²) in [4.78, 5) is 12.9. The van der Waals surface area contributed by atoms with Crippen molar-refractivity contribution in [2.75, 3.05) is 0 Å². The Balaban J connectivity index is 1.76. The fourth-order valence-corrected chi connectivity index (χ4v) is 2.83. The molecule has 0 spiro atoms. The first-order valence-corrected chi connectivity index (χ1v) is 7.72. The third-order valence-electron chi connectivity index (χ3n) is 3.88. The molecule has 0 N–H and O–H groups in total. The zero-order chi connectivity index (χ0) is 16.5. The van der Waals surface area contributed by atoms with Crippen LogP contribution in [-0.4, -0.2) is 29.1 Å². The molecule has 4 aromatic heterocycles. The van der Waals surface area contributed by atoms with Crippen LogP contribution in [0.1, 0.15) is 18.3 Å². The number of hydrogen-bond acceptors (Lipinski definition) is 4. The Morgan fingerprint density at radius 1 is 1.08 bits per heavy atom. The van der Waals surface area contributed by atoms with Crippen LogP contribution in [0.15, 0.2) is 48.9 Å². The van der Waals surface area contributed by atoms with E-state index < -0.39 is 5.95 Å². The number of aryl methyl sites for hydroxylation is 1. The average molecular weight is 322 g/mol. The van der Waals surface area contributed by atoms with Gasteiger partial charge in [0, 0.05) is 18.6 Å². The summed E-state index contributed by atoms with van der Waals surface area (Å²) in [6.07, 6.45) is 6.09. The fraction of sp³-hybridized carbons (Fsp3) is 0.176. The highest BCUT2D eigenvalue weighted by atomic mass is 19.1. The second-order valence-electron chi connectivity index (χ2n) is 5.38. The van der Waals surface area contributed by atoms with Gasteiger partial charge in [0.25, 0.3) is 0 Å². The summed E-state index contributed by atoms with van der Waals surface area (Å²) in [5, 5.41) is 4.36. The van der Waals surface area contributed by atoms with Crippen LogP contribution in [0.5, 0.6) is 0 Å². The number of pyridine rings is 1. The van der Waals surface area contributed by atoms with Gasteiger partial charge in [0.05, 0.1) is 17.9 Å². The quantitative estimate of drug-likeness (QED) is 0.542. The van der Waals surface area contributed by atoms with Crippen LogP contribution in [0.4, 0.5) is 4.39 Å². The predicted octanol–water partition coefficient (Wildman–Crippen LogP) is 2.74. The molecular weight excluding hydrogens is 307 g/mol. The van der Waals surface area contributed by atoms with E-state index in [1.54, 1.807) is 24.5 Å². The number of rotatable bonds is 4. The minimum absolute atomic E-state index is 0.500. The molecular formula is C17H15FN6. The Morgan fingerprint density at radius 3 is 2.83 bits per heavy atom. The molecule has 0 saturated heterocycles. The zero-order valence-corrected chi connectivity index (χ0v) is 13.1. The number of fused-ring (bicyclic) bond motifs is 1. The molecule has 0 aliphatic carbocycles. The van der Waals surface area contributed by atoms with E-state index in [0.717, 1.165) is 23.5 Å². The molecule has 0 aromatic carbocycles. The standard InChI is InChI=1S/C17H15FN6/c1-2-14-13(22-16-7-4-8-20-24(14)16)11-23-10-9-19-17(23)12-5-3-6-15(18)21-12/h3-10H,2,11H2,1H3. The molecule has 0 aliphatic heterocycles. The van der Waals surface area contributed by atoms with E-state index in [-0.39, 0.29) is 0 Å². The van der Waals surface area contributed by atoms with Crippen molar-refractivity contribution in [3.05, 3.63) is 66.3 Å². The molecule has 7 heteroatoms. The molecule has 4 aromatic rings. The molecule has 0 atom stereocenters. The van der Waals surface area contributed by atoms with Gasteiger partial charge in [-0.2, -0.15) is 9.49 Å². The lowest BCUT2D eigenvalue weighted by atomic mass is 10.2. The molecule has 0 bridgehead atoms. The maximum absolute atomic E-state index is 13.4. The third kappa shape index (κ3) is 2.44. The summed E-state index contributed by atoms with van der Waals surface area (Å²) in [7, 11) is 0. The van der Waals surface area contributed by atoms with Crippen molar-refractivity contribution >= 4 is 5.65 Å².